The molecular formula is C18H21N3O6S. The van der Waals surface area contributed by atoms with Crippen molar-refractivity contribution in [1.29, 1.82) is 0 Å². The van der Waals surface area contributed by atoms with Crippen LogP contribution >= 0.6 is 0 Å². The minimum Gasteiger partial charge on any atom is -0.483 e. The second kappa shape index (κ2) is 8.26. The molecule has 0 atom stereocenters. The first kappa shape index (κ1) is 21.2. The number of nitrogens with zero attached hydrogens (tertiary/aromatic N) is 2. The zero-order valence-electron chi connectivity index (χ0n) is 15.9. The van der Waals surface area contributed by atoms with Gasteiger partial charge in [0.2, 0.25) is 0 Å². The molecule has 2 aromatic rings. The van der Waals surface area contributed by atoms with Gasteiger partial charge in [-0.2, -0.15) is 0 Å². The number of anilines is 1. The second-order valence-electron chi connectivity index (χ2n) is 6.37. The SMILES string of the molecule is Cc1cc([N+](=O)[O-])ccc1NS(=O)(=O)c1ccc(OCC(=O)N(C)C)c(C)c1. The number of aryl methyl sites for hydroxylation is 2. The van der Waals surface area contributed by atoms with E-state index in [0.29, 0.717) is 16.9 Å². The van der Waals surface area contributed by atoms with Gasteiger partial charge in [-0.25, -0.2) is 8.42 Å². The average Bonchev–Trinajstić information content (AvgIpc) is 2.61. The number of ether oxygens (including phenoxy) is 1. The fourth-order valence-electron chi connectivity index (χ4n) is 2.30. The Hall–Kier alpha value is -3.14. The Bertz CT molecular complexity index is 1020. The van der Waals surface area contributed by atoms with Crippen LogP contribution in [0.25, 0.3) is 0 Å². The molecule has 0 saturated heterocycles. The second-order valence-corrected chi connectivity index (χ2v) is 8.05. The number of benzene rings is 2. The number of non-ortho nitro benzene ring substituents is 1. The number of carbonyl (C=O) groups excluding carboxylic acids is 1. The number of amides is 1. The van der Waals surface area contributed by atoms with Crippen LogP contribution in [0.5, 0.6) is 5.75 Å². The molecular weight excluding hydrogens is 386 g/mol. The van der Waals surface area contributed by atoms with E-state index in [1.807, 2.05) is 0 Å². The number of hydrogen-bond acceptors (Lipinski definition) is 6. The van der Waals surface area contributed by atoms with Crippen molar-refractivity contribution in [3.63, 3.8) is 0 Å². The third-order valence-corrected chi connectivity index (χ3v) is 5.33. The molecule has 0 aliphatic heterocycles. The minimum atomic E-state index is -3.90. The lowest BCUT2D eigenvalue weighted by Crippen LogP contribution is -2.27. The smallest absolute Gasteiger partial charge is 0.269 e. The molecule has 0 aliphatic carbocycles. The summed E-state index contributed by atoms with van der Waals surface area (Å²) in [4.78, 5) is 23.3. The van der Waals surface area contributed by atoms with Gasteiger partial charge in [0.25, 0.3) is 21.6 Å². The molecule has 1 N–H and O–H groups in total. The van der Waals surface area contributed by atoms with E-state index in [2.05, 4.69) is 4.72 Å². The van der Waals surface area contributed by atoms with Crippen LogP contribution in [0, 0.1) is 24.0 Å². The number of carbonyl (C=O) groups is 1. The topological polar surface area (TPSA) is 119 Å². The molecule has 28 heavy (non-hydrogen) atoms. The number of nitro benzene ring substituents is 1. The summed E-state index contributed by atoms with van der Waals surface area (Å²) >= 11 is 0. The molecule has 0 bridgehead atoms. The molecule has 150 valence electrons. The molecule has 10 heteroatoms. The Morgan fingerprint density at radius 1 is 1.14 bits per heavy atom. The fourth-order valence-corrected chi connectivity index (χ4v) is 3.51. The van der Waals surface area contributed by atoms with Crippen molar-refractivity contribution in [2.45, 2.75) is 18.7 Å². The molecule has 0 unspecified atom stereocenters. The highest BCUT2D eigenvalue weighted by Crippen LogP contribution is 2.26. The van der Waals surface area contributed by atoms with Crippen molar-refractivity contribution in [2.75, 3.05) is 25.4 Å². The van der Waals surface area contributed by atoms with Crippen molar-refractivity contribution >= 4 is 27.3 Å². The Balaban J connectivity index is 2.21. The van der Waals surface area contributed by atoms with E-state index >= 15 is 0 Å². The highest BCUT2D eigenvalue weighted by molar-refractivity contribution is 7.92. The molecule has 0 heterocycles. The van der Waals surface area contributed by atoms with Crippen molar-refractivity contribution in [3.8, 4) is 5.75 Å². The molecule has 2 aromatic carbocycles. The minimum absolute atomic E-state index is 0.00837. The molecule has 0 saturated carbocycles. The van der Waals surface area contributed by atoms with E-state index in [0.717, 1.165) is 0 Å². The number of nitro groups is 1. The van der Waals surface area contributed by atoms with Gasteiger partial charge in [-0.1, -0.05) is 0 Å². The first-order chi connectivity index (χ1) is 13.0. The van der Waals surface area contributed by atoms with Crippen molar-refractivity contribution in [2.24, 2.45) is 0 Å². The Morgan fingerprint density at radius 3 is 2.36 bits per heavy atom. The Kier molecular flexibility index (Phi) is 6.24. The lowest BCUT2D eigenvalue weighted by molar-refractivity contribution is -0.384. The number of sulfonamides is 1. The van der Waals surface area contributed by atoms with Gasteiger partial charge < -0.3 is 9.64 Å². The summed E-state index contributed by atoms with van der Waals surface area (Å²) in [7, 11) is -0.681. The Morgan fingerprint density at radius 2 is 1.82 bits per heavy atom. The van der Waals surface area contributed by atoms with Crippen LogP contribution in [-0.2, 0) is 14.8 Å². The predicted octanol–water partition coefficient (Wildman–Crippen LogP) is 2.48. The van der Waals surface area contributed by atoms with Crippen LogP contribution in [0.3, 0.4) is 0 Å². The molecule has 0 radical (unpaired) electrons. The van der Waals surface area contributed by atoms with Crippen molar-refractivity contribution < 1.29 is 22.9 Å². The quantitative estimate of drug-likeness (QED) is 0.556. The van der Waals surface area contributed by atoms with Crippen LogP contribution < -0.4 is 9.46 Å². The summed E-state index contributed by atoms with van der Waals surface area (Å²) in [5, 5.41) is 10.8. The highest BCUT2D eigenvalue weighted by Gasteiger charge is 2.18. The lowest BCUT2D eigenvalue weighted by Gasteiger charge is -2.14. The molecule has 0 spiro atoms. The van der Waals surface area contributed by atoms with Crippen molar-refractivity contribution in [1.82, 2.24) is 4.90 Å². The van der Waals surface area contributed by atoms with Crippen molar-refractivity contribution in [3.05, 3.63) is 57.6 Å². The van der Waals surface area contributed by atoms with E-state index in [1.54, 1.807) is 27.9 Å². The van der Waals surface area contributed by atoms with E-state index in [1.165, 1.54) is 41.3 Å². The fraction of sp³-hybridized carbons (Fsp3) is 0.278. The van der Waals surface area contributed by atoms with Gasteiger partial charge in [0.15, 0.2) is 6.61 Å². The summed E-state index contributed by atoms with van der Waals surface area (Å²) in [6, 6.07) is 8.15. The molecule has 9 nitrogen and oxygen atoms in total. The monoisotopic (exact) mass is 407 g/mol. The Labute approximate surface area is 163 Å². The summed E-state index contributed by atoms with van der Waals surface area (Å²) in [5.41, 5.74) is 1.11. The maximum atomic E-state index is 12.6. The zero-order chi connectivity index (χ0) is 21.1. The van der Waals surface area contributed by atoms with E-state index < -0.39 is 14.9 Å². The van der Waals surface area contributed by atoms with E-state index in [-0.39, 0.29) is 28.8 Å². The summed E-state index contributed by atoms with van der Waals surface area (Å²) in [6.45, 7) is 3.10. The van der Waals surface area contributed by atoms with Crippen LogP contribution in [0.2, 0.25) is 0 Å². The van der Waals surface area contributed by atoms with Gasteiger partial charge in [0, 0.05) is 26.2 Å². The predicted molar refractivity (Wildman–Crippen MR) is 104 cm³/mol. The van der Waals surface area contributed by atoms with Crippen LogP contribution in [0.4, 0.5) is 11.4 Å². The molecule has 2 rings (SSSR count). The highest BCUT2D eigenvalue weighted by atomic mass is 32.2. The maximum Gasteiger partial charge on any atom is 0.269 e. The van der Waals surface area contributed by atoms with Gasteiger partial charge in [-0.15, -0.1) is 0 Å². The standard InChI is InChI=1S/C18H21N3O6S/c1-12-9-14(21(23)24)5-7-16(12)19-28(25,26)15-6-8-17(13(2)10-15)27-11-18(22)20(3)4/h5-10,19H,11H2,1-4H3. The molecule has 0 aromatic heterocycles. The van der Waals surface area contributed by atoms with Crippen LogP contribution in [0.1, 0.15) is 11.1 Å². The van der Waals surface area contributed by atoms with Gasteiger partial charge >= 0.3 is 0 Å². The molecule has 0 aliphatic rings. The summed E-state index contributed by atoms with van der Waals surface area (Å²) < 4.78 is 33.1. The maximum absolute atomic E-state index is 12.6. The van der Waals surface area contributed by atoms with Gasteiger partial charge in [-0.3, -0.25) is 19.6 Å². The molecule has 1 amide bonds. The first-order valence-electron chi connectivity index (χ1n) is 8.22. The average molecular weight is 407 g/mol. The van der Waals surface area contributed by atoms with E-state index in [4.69, 9.17) is 4.74 Å². The van der Waals surface area contributed by atoms with E-state index in [9.17, 15) is 23.3 Å². The zero-order valence-corrected chi connectivity index (χ0v) is 16.7. The molecule has 0 fully saturated rings. The van der Waals surface area contributed by atoms with Gasteiger partial charge in [0.1, 0.15) is 5.75 Å². The third kappa shape index (κ3) is 4.97. The number of likely N-dealkylation sites (N-methyl/N-ethyl adjacent to an activating group) is 1. The third-order valence-electron chi connectivity index (χ3n) is 3.97. The number of hydrogen-bond donors (Lipinski definition) is 1. The summed E-state index contributed by atoms with van der Waals surface area (Å²) in [6.07, 6.45) is 0. The van der Waals surface area contributed by atoms with Crippen LogP contribution in [0.15, 0.2) is 41.3 Å². The lowest BCUT2D eigenvalue weighted by atomic mass is 10.2. The summed E-state index contributed by atoms with van der Waals surface area (Å²) in [5.74, 6) is 0.187. The number of nitrogens with one attached hydrogen (secondary N) is 1. The van der Waals surface area contributed by atoms with Crippen LogP contribution in [-0.4, -0.2) is 44.9 Å². The first-order valence-corrected chi connectivity index (χ1v) is 9.71. The largest absolute Gasteiger partial charge is 0.483 e. The van der Waals surface area contributed by atoms with Gasteiger partial charge in [0.05, 0.1) is 15.5 Å². The number of rotatable bonds is 7. The normalized spacial score (nSPS) is 11.0. The van der Waals surface area contributed by atoms with Gasteiger partial charge in [-0.05, 0) is 49.2 Å².